The van der Waals surface area contributed by atoms with Crippen LogP contribution < -0.4 is 6.15 Å². The minimum Gasteiger partial charge on any atom is -0.344 e. The Labute approximate surface area is 117 Å². The Kier molecular flexibility index (Phi) is 4.80. The average molecular weight is 304 g/mol. The highest BCUT2D eigenvalue weighted by Gasteiger charge is 2.32. The lowest BCUT2D eigenvalue weighted by atomic mass is 10.1. The van der Waals surface area contributed by atoms with Crippen LogP contribution in [0.5, 0.6) is 0 Å². The van der Waals surface area contributed by atoms with Crippen LogP contribution in [0.4, 0.5) is 13.2 Å². The Balaban J connectivity index is 0.00000200. The third-order valence-electron chi connectivity index (χ3n) is 2.33. The fraction of sp³-hybridized carbons (Fsp3) is 0.0833. The molecule has 0 spiro atoms. The Morgan fingerprint density at radius 2 is 1.85 bits per heavy atom. The zero-order valence-corrected chi connectivity index (χ0v) is 10.7. The molecular formula is C12H9ClF3N3O. The standard InChI is InChI=1S/C12H6ClF3N2O.H3N/c13-8-2-3-9(18-10(8)6-19)7-1-4-11(17-5-7)12(14,15)16;/h1-6H;1H3. The molecule has 0 aliphatic rings. The van der Waals surface area contributed by atoms with E-state index in [1.54, 1.807) is 0 Å². The predicted octanol–water partition coefficient (Wildman–Crippen LogP) is 3.79. The molecule has 0 fully saturated rings. The van der Waals surface area contributed by atoms with Crippen molar-refractivity contribution in [3.63, 3.8) is 0 Å². The SMILES string of the molecule is N.O=Cc1nc(-c2ccc(C(F)(F)F)nc2)ccc1Cl. The van der Waals surface area contributed by atoms with Crippen molar-refractivity contribution in [3.05, 3.63) is 46.9 Å². The second-order valence-corrected chi connectivity index (χ2v) is 4.02. The molecule has 2 rings (SSSR count). The summed E-state index contributed by atoms with van der Waals surface area (Å²) < 4.78 is 37.1. The molecule has 2 aromatic rings. The summed E-state index contributed by atoms with van der Waals surface area (Å²) in [6.07, 6.45) is -2.96. The molecule has 0 bridgehead atoms. The molecule has 0 saturated heterocycles. The Hall–Kier alpha value is -1.99. The number of halogens is 4. The number of carbonyl (C=O) groups excluding carboxylic acids is 1. The molecular weight excluding hydrogens is 295 g/mol. The lowest BCUT2D eigenvalue weighted by Crippen LogP contribution is -2.07. The van der Waals surface area contributed by atoms with E-state index < -0.39 is 11.9 Å². The molecule has 0 aromatic carbocycles. The molecule has 8 heteroatoms. The van der Waals surface area contributed by atoms with Gasteiger partial charge in [0.15, 0.2) is 6.29 Å². The Morgan fingerprint density at radius 1 is 1.15 bits per heavy atom. The molecule has 0 atom stereocenters. The van der Waals surface area contributed by atoms with Crippen LogP contribution in [0.15, 0.2) is 30.5 Å². The highest BCUT2D eigenvalue weighted by molar-refractivity contribution is 6.32. The zero-order chi connectivity index (χ0) is 14.0. The van der Waals surface area contributed by atoms with Crippen molar-refractivity contribution in [2.24, 2.45) is 0 Å². The fourth-order valence-corrected chi connectivity index (χ4v) is 1.56. The van der Waals surface area contributed by atoms with Crippen molar-refractivity contribution in [3.8, 4) is 11.3 Å². The van der Waals surface area contributed by atoms with Crippen LogP contribution in [0, 0.1) is 0 Å². The van der Waals surface area contributed by atoms with Crippen molar-refractivity contribution in [2.75, 3.05) is 0 Å². The van der Waals surface area contributed by atoms with Gasteiger partial charge in [0.1, 0.15) is 11.4 Å². The number of aldehydes is 1. The van der Waals surface area contributed by atoms with Gasteiger partial charge in [0, 0.05) is 11.8 Å². The number of hydrogen-bond donors (Lipinski definition) is 1. The molecule has 4 nitrogen and oxygen atoms in total. The van der Waals surface area contributed by atoms with E-state index in [1.165, 1.54) is 18.2 Å². The maximum Gasteiger partial charge on any atom is 0.433 e. The van der Waals surface area contributed by atoms with Gasteiger partial charge >= 0.3 is 6.18 Å². The van der Waals surface area contributed by atoms with Crippen molar-refractivity contribution in [2.45, 2.75) is 6.18 Å². The molecule has 2 heterocycles. The first-order valence-corrected chi connectivity index (χ1v) is 5.45. The summed E-state index contributed by atoms with van der Waals surface area (Å²) in [6, 6.07) is 5.04. The fourth-order valence-electron chi connectivity index (χ4n) is 1.41. The third kappa shape index (κ3) is 3.31. The number of nitrogens with zero attached hydrogens (tertiary/aromatic N) is 2. The van der Waals surface area contributed by atoms with Crippen LogP contribution in [-0.2, 0) is 6.18 Å². The maximum atomic E-state index is 12.4. The molecule has 0 radical (unpaired) electrons. The summed E-state index contributed by atoms with van der Waals surface area (Å²) >= 11 is 5.71. The summed E-state index contributed by atoms with van der Waals surface area (Å²) in [5.74, 6) is 0. The third-order valence-corrected chi connectivity index (χ3v) is 2.65. The van der Waals surface area contributed by atoms with Crippen LogP contribution in [0.1, 0.15) is 16.2 Å². The van der Waals surface area contributed by atoms with Crippen molar-refractivity contribution >= 4 is 17.9 Å². The summed E-state index contributed by atoms with van der Waals surface area (Å²) in [5.41, 5.74) is -0.264. The zero-order valence-electron chi connectivity index (χ0n) is 9.99. The first-order chi connectivity index (χ1) is 8.91. The molecule has 0 amide bonds. The number of alkyl halides is 3. The van der Waals surface area contributed by atoms with Gasteiger partial charge in [0.25, 0.3) is 0 Å². The second-order valence-electron chi connectivity index (χ2n) is 3.61. The molecule has 0 saturated carbocycles. The van der Waals surface area contributed by atoms with Crippen LogP contribution >= 0.6 is 11.6 Å². The molecule has 2 aromatic heterocycles. The van der Waals surface area contributed by atoms with E-state index in [1.807, 2.05) is 0 Å². The van der Waals surface area contributed by atoms with Gasteiger partial charge in [-0.15, -0.1) is 0 Å². The number of aromatic nitrogens is 2. The first kappa shape index (κ1) is 16.1. The quantitative estimate of drug-likeness (QED) is 0.856. The van der Waals surface area contributed by atoms with E-state index in [2.05, 4.69) is 9.97 Å². The van der Waals surface area contributed by atoms with E-state index in [-0.39, 0.29) is 16.9 Å². The van der Waals surface area contributed by atoms with Crippen molar-refractivity contribution in [1.29, 1.82) is 0 Å². The molecule has 0 aliphatic heterocycles. The van der Waals surface area contributed by atoms with Gasteiger partial charge in [-0.1, -0.05) is 11.6 Å². The number of hydrogen-bond acceptors (Lipinski definition) is 4. The highest BCUT2D eigenvalue weighted by Crippen LogP contribution is 2.28. The number of carbonyl (C=O) groups is 1. The largest absolute Gasteiger partial charge is 0.433 e. The lowest BCUT2D eigenvalue weighted by molar-refractivity contribution is -0.141. The lowest BCUT2D eigenvalue weighted by Gasteiger charge is -2.06. The smallest absolute Gasteiger partial charge is 0.344 e. The van der Waals surface area contributed by atoms with Crippen LogP contribution in [-0.4, -0.2) is 16.3 Å². The normalized spacial score (nSPS) is 10.8. The van der Waals surface area contributed by atoms with E-state index in [0.29, 0.717) is 17.5 Å². The molecule has 3 N–H and O–H groups in total. The number of pyridine rings is 2. The minimum absolute atomic E-state index is 0. The second kappa shape index (κ2) is 5.98. The molecule has 0 aliphatic carbocycles. The van der Waals surface area contributed by atoms with E-state index in [0.717, 1.165) is 12.3 Å². The van der Waals surface area contributed by atoms with E-state index in [9.17, 15) is 18.0 Å². The summed E-state index contributed by atoms with van der Waals surface area (Å²) in [6.45, 7) is 0. The van der Waals surface area contributed by atoms with Gasteiger partial charge in [-0.3, -0.25) is 9.78 Å². The Bertz CT molecular complexity index is 614. The van der Waals surface area contributed by atoms with Gasteiger partial charge in [-0.05, 0) is 24.3 Å². The van der Waals surface area contributed by atoms with Crippen LogP contribution in [0.3, 0.4) is 0 Å². The van der Waals surface area contributed by atoms with Gasteiger partial charge in [0.05, 0.1) is 10.7 Å². The van der Waals surface area contributed by atoms with Crippen molar-refractivity contribution in [1.82, 2.24) is 16.1 Å². The molecule has 106 valence electrons. The molecule has 20 heavy (non-hydrogen) atoms. The van der Waals surface area contributed by atoms with E-state index >= 15 is 0 Å². The summed E-state index contributed by atoms with van der Waals surface area (Å²) in [7, 11) is 0. The number of rotatable bonds is 2. The van der Waals surface area contributed by atoms with Crippen LogP contribution in [0.2, 0.25) is 5.02 Å². The topological polar surface area (TPSA) is 77.9 Å². The monoisotopic (exact) mass is 303 g/mol. The van der Waals surface area contributed by atoms with Gasteiger partial charge < -0.3 is 6.15 Å². The Morgan fingerprint density at radius 3 is 2.35 bits per heavy atom. The maximum absolute atomic E-state index is 12.4. The van der Waals surface area contributed by atoms with Gasteiger partial charge in [-0.25, -0.2) is 4.98 Å². The van der Waals surface area contributed by atoms with Gasteiger partial charge in [-0.2, -0.15) is 13.2 Å². The predicted molar refractivity (Wildman–Crippen MR) is 67.9 cm³/mol. The highest BCUT2D eigenvalue weighted by atomic mass is 35.5. The van der Waals surface area contributed by atoms with E-state index in [4.69, 9.17) is 11.6 Å². The summed E-state index contributed by atoms with van der Waals surface area (Å²) in [5, 5.41) is 0.179. The molecule has 0 unspecified atom stereocenters. The van der Waals surface area contributed by atoms with Gasteiger partial charge in [0.2, 0.25) is 0 Å². The average Bonchev–Trinajstić information content (AvgIpc) is 2.38. The minimum atomic E-state index is -4.49. The summed E-state index contributed by atoms with van der Waals surface area (Å²) in [4.78, 5) is 17.9. The first-order valence-electron chi connectivity index (χ1n) is 5.07. The van der Waals surface area contributed by atoms with Crippen LogP contribution in [0.25, 0.3) is 11.3 Å². The van der Waals surface area contributed by atoms with Crippen molar-refractivity contribution < 1.29 is 18.0 Å².